The van der Waals surface area contributed by atoms with E-state index < -0.39 is 17.4 Å². The van der Waals surface area contributed by atoms with Crippen LogP contribution in [0.5, 0.6) is 0 Å². The molecular weight excluding hydrogens is 118 g/mol. The molecule has 0 spiro atoms. The van der Waals surface area contributed by atoms with Crippen LogP contribution in [0.1, 0.15) is 22.1 Å². The maximum atomic E-state index is 10.3. The summed E-state index contributed by atoms with van der Waals surface area (Å²) in [6.07, 6.45) is 0. The highest BCUT2D eigenvalue weighted by Crippen LogP contribution is 2.16. The zero-order valence-corrected chi connectivity index (χ0v) is 5.72. The Bertz CT molecular complexity index is 136. The largest absolute Gasteiger partial charge is 0.480 e. The Morgan fingerprint density at radius 2 is 2.33 bits per heavy atom. The molecule has 0 aliphatic carbocycles. The highest BCUT2D eigenvalue weighted by molar-refractivity contribution is 5.74. The summed E-state index contributed by atoms with van der Waals surface area (Å²) in [5, 5.41) is 8.44. The van der Waals surface area contributed by atoms with Crippen LogP contribution >= 0.6 is 0 Å². The minimum absolute atomic E-state index is 0.0282. The number of carboxylic acid groups (broad SMARTS) is 1. The molecule has 0 aliphatic heterocycles. The summed E-state index contributed by atoms with van der Waals surface area (Å²) < 4.78 is 6.99. The van der Waals surface area contributed by atoms with Gasteiger partial charge in [-0.15, -0.1) is 0 Å². The fourth-order valence-electron chi connectivity index (χ4n) is 0.334. The molecule has 0 saturated heterocycles. The molecule has 3 heteroatoms. The lowest BCUT2D eigenvalue weighted by Crippen LogP contribution is -2.41. The third-order valence-electron chi connectivity index (χ3n) is 1.11. The lowest BCUT2D eigenvalue weighted by molar-refractivity contribution is -0.141. The van der Waals surface area contributed by atoms with Crippen LogP contribution in [0, 0.1) is 5.41 Å². The van der Waals surface area contributed by atoms with Gasteiger partial charge in [0, 0.05) is 1.37 Å². The first-order valence-electron chi connectivity index (χ1n) is 3.40. The molecule has 0 rings (SSSR count). The van der Waals surface area contributed by atoms with Crippen LogP contribution in [0.3, 0.4) is 0 Å². The summed E-state index contributed by atoms with van der Waals surface area (Å²) in [5.74, 6) is -1.04. The molecule has 0 amide bonds. The number of carboxylic acids is 1. The van der Waals surface area contributed by atoms with Crippen LogP contribution in [-0.4, -0.2) is 17.1 Å². The molecule has 3 N–H and O–H groups in total. The van der Waals surface area contributed by atoms with Crippen molar-refractivity contribution >= 4 is 5.97 Å². The van der Waals surface area contributed by atoms with Crippen molar-refractivity contribution in [2.24, 2.45) is 11.1 Å². The molecule has 0 unspecified atom stereocenters. The first kappa shape index (κ1) is 6.55. The van der Waals surface area contributed by atoms with Crippen molar-refractivity contribution in [1.82, 2.24) is 0 Å². The zero-order chi connectivity index (χ0) is 8.36. The molecule has 0 fully saturated rings. The minimum Gasteiger partial charge on any atom is -0.480 e. The predicted molar refractivity (Wildman–Crippen MR) is 35.1 cm³/mol. The Kier molecular flexibility index (Phi) is 1.71. The van der Waals surface area contributed by atoms with Crippen molar-refractivity contribution in [3.8, 4) is 0 Å². The van der Waals surface area contributed by atoms with Crippen LogP contribution in [0.25, 0.3) is 0 Å². The fraction of sp³-hybridized carbons (Fsp3) is 0.833. The van der Waals surface area contributed by atoms with E-state index in [4.69, 9.17) is 12.2 Å². The van der Waals surface area contributed by atoms with Crippen molar-refractivity contribution < 1.29 is 11.3 Å². The van der Waals surface area contributed by atoms with Gasteiger partial charge in [0.15, 0.2) is 0 Å². The molecule has 0 aromatic carbocycles. The molecule has 1 atom stereocenters. The molecule has 3 nitrogen and oxygen atoms in total. The highest BCUT2D eigenvalue weighted by Gasteiger charge is 2.26. The summed E-state index contributed by atoms with van der Waals surface area (Å²) in [6, 6.07) is -0.940. The lowest BCUT2D eigenvalue weighted by Gasteiger charge is -2.22. The molecule has 9 heavy (non-hydrogen) atoms. The molecular formula is C6H13NO2. The Morgan fingerprint density at radius 3 is 2.44 bits per heavy atom. The van der Waals surface area contributed by atoms with Gasteiger partial charge in [0.25, 0.3) is 0 Å². The second-order valence-electron chi connectivity index (χ2n) is 2.80. The van der Waals surface area contributed by atoms with E-state index in [0.29, 0.717) is 0 Å². The second-order valence-corrected chi connectivity index (χ2v) is 2.80. The number of aliphatic carboxylic acids is 1. The average molecular weight is 132 g/mol. The van der Waals surface area contributed by atoms with E-state index in [0.717, 1.165) is 0 Å². The van der Waals surface area contributed by atoms with Gasteiger partial charge < -0.3 is 10.8 Å². The Labute approximate surface area is 56.3 Å². The Morgan fingerprint density at radius 1 is 1.89 bits per heavy atom. The number of nitrogens with two attached hydrogens (primary N) is 1. The molecule has 0 aromatic heterocycles. The van der Waals surface area contributed by atoms with Crippen molar-refractivity contribution in [3.05, 3.63) is 0 Å². The predicted octanol–water partition coefficient (Wildman–Crippen LogP) is 0.444. The van der Waals surface area contributed by atoms with Gasteiger partial charge in [0.05, 0.1) is 0 Å². The van der Waals surface area contributed by atoms with Gasteiger partial charge in [-0.05, 0) is 5.41 Å². The first-order chi connectivity index (χ1) is 4.41. The summed E-state index contributed by atoms with van der Waals surface area (Å²) in [5.41, 5.74) is 4.65. The monoisotopic (exact) mass is 132 g/mol. The van der Waals surface area contributed by atoms with E-state index in [1.165, 1.54) is 0 Å². The number of hydrogen-bond donors (Lipinski definition) is 2. The normalized spacial score (nSPS) is 16.6. The quantitative estimate of drug-likeness (QED) is 0.544. The third kappa shape index (κ3) is 2.46. The van der Waals surface area contributed by atoms with Gasteiger partial charge >= 0.3 is 5.97 Å². The highest BCUT2D eigenvalue weighted by atomic mass is 16.4. The van der Waals surface area contributed by atoms with E-state index in [-0.39, 0.29) is 6.90 Å². The van der Waals surface area contributed by atoms with Crippen LogP contribution in [0.2, 0.25) is 0 Å². The van der Waals surface area contributed by atoms with Crippen LogP contribution in [0.4, 0.5) is 0 Å². The minimum atomic E-state index is -1.04. The van der Waals surface area contributed by atoms with Gasteiger partial charge in [0.2, 0.25) is 0 Å². The summed E-state index contributed by atoms with van der Waals surface area (Å²) in [7, 11) is 0. The molecule has 54 valence electrons. The van der Waals surface area contributed by atoms with Crippen LogP contribution < -0.4 is 5.73 Å². The van der Waals surface area contributed by atoms with Crippen molar-refractivity contribution in [2.45, 2.75) is 26.8 Å². The topological polar surface area (TPSA) is 63.3 Å². The van der Waals surface area contributed by atoms with Gasteiger partial charge in [-0.25, -0.2) is 0 Å². The smallest absolute Gasteiger partial charge is 0.321 e. The molecule has 0 saturated carbocycles. The van der Waals surface area contributed by atoms with E-state index in [9.17, 15) is 4.79 Å². The Balaban J connectivity index is 4.17. The van der Waals surface area contributed by atoms with Crippen molar-refractivity contribution in [2.75, 3.05) is 0 Å². The number of rotatable bonds is 1. The SMILES string of the molecule is [2H]CC(C)(C)[C@H](N)C(=O)O. The average Bonchev–Trinajstić information content (AvgIpc) is 1.86. The van der Waals surface area contributed by atoms with E-state index in [1.807, 2.05) is 0 Å². The van der Waals surface area contributed by atoms with Gasteiger partial charge in [0.1, 0.15) is 6.04 Å². The summed E-state index contributed by atoms with van der Waals surface area (Å²) in [4.78, 5) is 10.3. The van der Waals surface area contributed by atoms with Gasteiger partial charge in [-0.1, -0.05) is 20.7 Å². The van der Waals surface area contributed by atoms with E-state index >= 15 is 0 Å². The first-order valence-corrected chi connectivity index (χ1v) is 2.69. The summed E-state index contributed by atoms with van der Waals surface area (Å²) >= 11 is 0. The lowest BCUT2D eigenvalue weighted by atomic mass is 9.88. The number of hydrogen-bond acceptors (Lipinski definition) is 2. The maximum absolute atomic E-state index is 10.3. The van der Waals surface area contributed by atoms with Crippen LogP contribution in [0.15, 0.2) is 0 Å². The second kappa shape index (κ2) is 2.35. The summed E-state index contributed by atoms with van der Waals surface area (Å²) in [6.45, 7) is 3.36. The maximum Gasteiger partial charge on any atom is 0.321 e. The number of carbonyl (C=O) groups is 1. The molecule has 0 aliphatic rings. The van der Waals surface area contributed by atoms with Crippen molar-refractivity contribution in [1.29, 1.82) is 0 Å². The molecule has 0 aromatic rings. The van der Waals surface area contributed by atoms with E-state index in [2.05, 4.69) is 0 Å². The van der Waals surface area contributed by atoms with E-state index in [1.54, 1.807) is 13.8 Å². The fourth-order valence-corrected chi connectivity index (χ4v) is 0.334. The zero-order valence-electron chi connectivity index (χ0n) is 6.72. The van der Waals surface area contributed by atoms with Gasteiger partial charge in [-0.3, -0.25) is 4.79 Å². The van der Waals surface area contributed by atoms with Crippen LogP contribution in [-0.2, 0) is 4.79 Å². The Hall–Kier alpha value is -0.570. The third-order valence-corrected chi connectivity index (χ3v) is 1.11. The van der Waals surface area contributed by atoms with Crippen molar-refractivity contribution in [3.63, 3.8) is 0 Å². The molecule has 0 bridgehead atoms. The standard InChI is InChI=1S/C6H13NO2/c1-6(2,3)4(7)5(8)9/h4H,7H2,1-3H3,(H,8,9)/t4-/m1/s1/i1D. The molecule has 0 radical (unpaired) electrons. The molecule has 0 heterocycles. The van der Waals surface area contributed by atoms with Gasteiger partial charge in [-0.2, -0.15) is 0 Å².